The molecule has 4 aromatic rings. The summed E-state index contributed by atoms with van der Waals surface area (Å²) in [5, 5.41) is 0. The Morgan fingerprint density at radius 1 is 0.686 bits per heavy atom. The van der Waals surface area contributed by atoms with Crippen LogP contribution in [0.25, 0.3) is 31.9 Å². The summed E-state index contributed by atoms with van der Waals surface area (Å²) >= 11 is 4.66. The standard InChI is InChI=1S/C30H32N2S3/c1-5-9-11-13-15-21-19-27(33-25(21)7-3)23-17-18-24(30-29(23)31-35-32-30)28-20-22(26(8-4)34-28)16-14-12-10-6-2/h3-4,17-20H,5-6,9-16H2,1-2H3. The minimum Gasteiger partial charge on any atom is -0.172 e. The Kier molecular flexibility index (Phi) is 9.16. The number of nitrogens with zero attached hydrogens (tertiary/aromatic N) is 2. The molecule has 2 nitrogen and oxygen atoms in total. The molecule has 0 bridgehead atoms. The third kappa shape index (κ3) is 5.87. The molecule has 1 aromatic carbocycles. The van der Waals surface area contributed by atoms with Gasteiger partial charge in [0.1, 0.15) is 11.0 Å². The number of thiophene rings is 2. The van der Waals surface area contributed by atoms with E-state index in [-0.39, 0.29) is 0 Å². The van der Waals surface area contributed by atoms with Gasteiger partial charge < -0.3 is 0 Å². The van der Waals surface area contributed by atoms with Crippen molar-refractivity contribution in [2.75, 3.05) is 0 Å². The van der Waals surface area contributed by atoms with Crippen LogP contribution in [0.5, 0.6) is 0 Å². The van der Waals surface area contributed by atoms with Crippen LogP contribution in [-0.2, 0) is 12.8 Å². The highest BCUT2D eigenvalue weighted by molar-refractivity contribution is 7.16. The van der Waals surface area contributed by atoms with E-state index in [2.05, 4.69) is 50.0 Å². The normalized spacial score (nSPS) is 11.1. The Bertz CT molecular complexity index is 1250. The van der Waals surface area contributed by atoms with E-state index in [4.69, 9.17) is 21.6 Å². The quantitative estimate of drug-likeness (QED) is 0.138. The molecular weight excluding hydrogens is 485 g/mol. The van der Waals surface area contributed by atoms with Crippen LogP contribution in [0, 0.1) is 24.7 Å². The first-order valence-corrected chi connectivity index (χ1v) is 15.0. The maximum atomic E-state index is 5.87. The van der Waals surface area contributed by atoms with Crippen molar-refractivity contribution in [3.8, 4) is 45.6 Å². The first-order chi connectivity index (χ1) is 17.2. The molecule has 0 saturated carbocycles. The van der Waals surface area contributed by atoms with E-state index in [0.29, 0.717) is 0 Å². The Hall–Kier alpha value is -2.44. The second kappa shape index (κ2) is 12.5. The van der Waals surface area contributed by atoms with Crippen molar-refractivity contribution in [3.63, 3.8) is 0 Å². The maximum absolute atomic E-state index is 5.87. The molecule has 180 valence electrons. The Labute approximate surface area is 222 Å². The van der Waals surface area contributed by atoms with Gasteiger partial charge in [-0.15, -0.1) is 35.5 Å². The molecule has 0 unspecified atom stereocenters. The molecule has 0 aliphatic carbocycles. The smallest absolute Gasteiger partial charge is 0.114 e. The van der Waals surface area contributed by atoms with E-state index in [1.807, 2.05) is 0 Å². The summed E-state index contributed by atoms with van der Waals surface area (Å²) in [6, 6.07) is 8.91. The van der Waals surface area contributed by atoms with Crippen molar-refractivity contribution in [2.24, 2.45) is 0 Å². The van der Waals surface area contributed by atoms with Crippen LogP contribution in [-0.4, -0.2) is 8.75 Å². The van der Waals surface area contributed by atoms with Gasteiger partial charge >= 0.3 is 0 Å². The summed E-state index contributed by atoms with van der Waals surface area (Å²) in [7, 11) is 0. The van der Waals surface area contributed by atoms with E-state index >= 15 is 0 Å². The highest BCUT2D eigenvalue weighted by atomic mass is 32.1. The highest BCUT2D eigenvalue weighted by Gasteiger charge is 2.18. The second-order valence-corrected chi connectivity index (χ2v) is 11.6. The Morgan fingerprint density at radius 2 is 1.14 bits per heavy atom. The van der Waals surface area contributed by atoms with E-state index in [1.54, 1.807) is 22.7 Å². The van der Waals surface area contributed by atoms with Crippen LogP contribution < -0.4 is 0 Å². The fourth-order valence-corrected chi connectivity index (χ4v) is 7.15. The number of terminal acetylenes is 2. The van der Waals surface area contributed by atoms with Gasteiger partial charge in [-0.25, -0.2) is 0 Å². The minimum absolute atomic E-state index is 0.954. The van der Waals surface area contributed by atoms with Gasteiger partial charge in [0.2, 0.25) is 0 Å². The third-order valence-electron chi connectivity index (χ3n) is 6.43. The zero-order valence-corrected chi connectivity index (χ0v) is 23.1. The summed E-state index contributed by atoms with van der Waals surface area (Å²) in [6.07, 6.45) is 23.7. The molecule has 35 heavy (non-hydrogen) atoms. The lowest BCUT2D eigenvalue weighted by Crippen LogP contribution is -1.86. The van der Waals surface area contributed by atoms with Gasteiger partial charge in [-0.3, -0.25) is 0 Å². The average molecular weight is 517 g/mol. The first kappa shape index (κ1) is 25.6. The highest BCUT2D eigenvalue weighted by Crippen LogP contribution is 2.41. The van der Waals surface area contributed by atoms with Crippen LogP contribution in [0.3, 0.4) is 0 Å². The fraction of sp³-hybridized carbons (Fsp3) is 0.400. The maximum Gasteiger partial charge on any atom is 0.114 e. The number of aryl methyl sites for hydroxylation is 2. The van der Waals surface area contributed by atoms with Crippen molar-refractivity contribution in [2.45, 2.75) is 78.1 Å². The number of unbranched alkanes of at least 4 members (excludes halogenated alkanes) is 6. The third-order valence-corrected chi connectivity index (χ3v) is 9.24. The molecule has 3 heterocycles. The first-order valence-electron chi connectivity index (χ1n) is 12.6. The fourth-order valence-electron chi connectivity index (χ4n) is 4.49. The lowest BCUT2D eigenvalue weighted by molar-refractivity contribution is 0.667. The van der Waals surface area contributed by atoms with Gasteiger partial charge in [-0.1, -0.05) is 76.3 Å². The van der Waals surface area contributed by atoms with Crippen molar-refractivity contribution in [1.29, 1.82) is 0 Å². The topological polar surface area (TPSA) is 25.8 Å². The molecule has 0 atom stereocenters. The lowest BCUT2D eigenvalue weighted by atomic mass is 10.0. The monoisotopic (exact) mass is 516 g/mol. The van der Waals surface area contributed by atoms with Gasteiger partial charge in [-0.2, -0.15) is 8.75 Å². The van der Waals surface area contributed by atoms with Gasteiger partial charge in [-0.05, 0) is 48.9 Å². The zero-order chi connectivity index (χ0) is 24.6. The van der Waals surface area contributed by atoms with Gasteiger partial charge in [0.05, 0.1) is 21.5 Å². The van der Waals surface area contributed by atoms with Crippen LogP contribution in [0.15, 0.2) is 24.3 Å². The average Bonchev–Trinajstić information content (AvgIpc) is 3.62. The number of hydrogen-bond donors (Lipinski definition) is 0. The van der Waals surface area contributed by atoms with Crippen LogP contribution in [0.2, 0.25) is 0 Å². The predicted molar refractivity (Wildman–Crippen MR) is 156 cm³/mol. The van der Waals surface area contributed by atoms with Gasteiger partial charge in [0.25, 0.3) is 0 Å². The zero-order valence-electron chi connectivity index (χ0n) is 20.7. The van der Waals surface area contributed by atoms with Crippen molar-refractivity contribution in [3.05, 3.63) is 45.1 Å². The second-order valence-electron chi connectivity index (χ2n) is 8.96. The molecule has 0 spiro atoms. The summed E-state index contributed by atoms with van der Waals surface area (Å²) in [5.41, 5.74) is 6.71. The number of rotatable bonds is 12. The van der Waals surface area contributed by atoms with E-state index < -0.39 is 0 Å². The lowest BCUT2D eigenvalue weighted by Gasteiger charge is -2.03. The van der Waals surface area contributed by atoms with Crippen LogP contribution in [0.1, 0.15) is 86.1 Å². The van der Waals surface area contributed by atoms with Crippen molar-refractivity contribution >= 4 is 45.4 Å². The SMILES string of the molecule is C#Cc1sc(-c2ccc(-c3cc(CCCCCC)c(C#C)s3)c3nsnc23)cc1CCCCCC. The Morgan fingerprint density at radius 3 is 1.54 bits per heavy atom. The molecule has 0 fully saturated rings. The van der Waals surface area contributed by atoms with E-state index in [1.165, 1.54) is 84.0 Å². The molecule has 3 aromatic heterocycles. The van der Waals surface area contributed by atoms with Crippen molar-refractivity contribution in [1.82, 2.24) is 8.75 Å². The molecule has 4 rings (SSSR count). The predicted octanol–water partition coefficient (Wildman–Crippen LogP) is 9.36. The van der Waals surface area contributed by atoms with Crippen LogP contribution in [0.4, 0.5) is 0 Å². The molecule has 0 N–H and O–H groups in total. The molecule has 0 aliphatic rings. The van der Waals surface area contributed by atoms with Gasteiger partial charge in [0.15, 0.2) is 0 Å². The summed E-state index contributed by atoms with van der Waals surface area (Å²) in [4.78, 5) is 4.45. The summed E-state index contributed by atoms with van der Waals surface area (Å²) < 4.78 is 9.40. The molecular formula is C30H32N2S3. The number of aromatic nitrogens is 2. The minimum atomic E-state index is 0.954. The summed E-state index contributed by atoms with van der Waals surface area (Å²) in [5.74, 6) is 5.83. The molecule has 0 amide bonds. The molecule has 0 radical (unpaired) electrons. The van der Waals surface area contributed by atoms with E-state index in [0.717, 1.165) is 44.8 Å². The number of fused-ring (bicyclic) bond motifs is 1. The van der Waals surface area contributed by atoms with Gasteiger partial charge in [0, 0.05) is 20.9 Å². The largest absolute Gasteiger partial charge is 0.172 e. The van der Waals surface area contributed by atoms with Crippen molar-refractivity contribution < 1.29 is 0 Å². The Balaban J connectivity index is 1.64. The molecule has 0 aliphatic heterocycles. The molecule has 0 saturated heterocycles. The summed E-state index contributed by atoms with van der Waals surface area (Å²) in [6.45, 7) is 4.48. The van der Waals surface area contributed by atoms with Crippen LogP contribution >= 0.6 is 34.4 Å². The van der Waals surface area contributed by atoms with E-state index in [9.17, 15) is 0 Å². The molecule has 5 heteroatoms. The number of benzene rings is 1. The number of hydrogen-bond acceptors (Lipinski definition) is 5.